The number of hydrogen-bond acceptors (Lipinski definition) is 3. The summed E-state index contributed by atoms with van der Waals surface area (Å²) in [6, 6.07) is 5.26. The van der Waals surface area contributed by atoms with Crippen molar-refractivity contribution in [3.05, 3.63) is 29.3 Å². The first-order valence-electron chi connectivity index (χ1n) is 6.46. The Balaban J connectivity index is 2.23. The van der Waals surface area contributed by atoms with Gasteiger partial charge in [0.1, 0.15) is 12.3 Å². The molecule has 0 spiro atoms. The third-order valence-corrected chi connectivity index (χ3v) is 2.09. The fourth-order valence-electron chi connectivity index (χ4n) is 1.50. The second-order valence-corrected chi connectivity index (χ2v) is 3.69. The second-order valence-electron chi connectivity index (χ2n) is 3.69. The summed E-state index contributed by atoms with van der Waals surface area (Å²) in [4.78, 5) is 11.0. The van der Waals surface area contributed by atoms with Crippen LogP contribution in [0.25, 0.3) is 0 Å². The molecule has 2 rings (SSSR count). The number of cyclic esters (lactones) is 1. The lowest BCUT2D eigenvalue weighted by Crippen LogP contribution is -2.21. The van der Waals surface area contributed by atoms with E-state index in [0.29, 0.717) is 5.75 Å². The Morgan fingerprint density at radius 2 is 2.25 bits per heavy atom. The van der Waals surface area contributed by atoms with Crippen molar-refractivity contribution in [1.29, 1.82) is 0 Å². The summed E-state index contributed by atoms with van der Waals surface area (Å²) in [5, 5.41) is 2.26. The largest absolute Gasteiger partial charge is 0.490 e. The number of rotatable bonds is 3. The summed E-state index contributed by atoms with van der Waals surface area (Å²) in [5.74, 6) is 0.303. The summed E-state index contributed by atoms with van der Waals surface area (Å²) < 4.78 is 33.4. The zero-order chi connectivity index (χ0) is 14.3. The molecule has 4 heteroatoms. The highest BCUT2D eigenvalue weighted by atomic mass is 16.6. The lowest BCUT2D eigenvalue weighted by atomic mass is 10.1. The number of benzene rings is 1. The number of carbonyl (C=O) groups excluding carboxylic acids is 1. The number of amides is 1. The van der Waals surface area contributed by atoms with Crippen molar-refractivity contribution >= 4 is 6.09 Å². The fourth-order valence-corrected chi connectivity index (χ4v) is 1.50. The molecule has 1 aliphatic rings. The summed E-state index contributed by atoms with van der Waals surface area (Å²) in [7, 11) is 0. The van der Waals surface area contributed by atoms with E-state index >= 15 is 0 Å². The molecular weight excluding hydrogens is 206 g/mol. The summed E-state index contributed by atoms with van der Waals surface area (Å²) in [5.41, 5.74) is 1.85. The summed E-state index contributed by atoms with van der Waals surface area (Å²) in [6.45, 7) is 1.02. The van der Waals surface area contributed by atoms with Crippen LogP contribution in [0.3, 0.4) is 0 Å². The zero-order valence-electron chi connectivity index (χ0n) is 12.2. The van der Waals surface area contributed by atoms with Gasteiger partial charge in [-0.15, -0.1) is 0 Å². The lowest BCUT2D eigenvalue weighted by Gasteiger charge is -2.11. The van der Waals surface area contributed by atoms with Crippen LogP contribution in [0.2, 0.25) is 0 Å². The summed E-state index contributed by atoms with van der Waals surface area (Å²) in [6.07, 6.45) is -2.91. The van der Waals surface area contributed by atoms with E-state index in [2.05, 4.69) is 10.1 Å². The van der Waals surface area contributed by atoms with E-state index in [-0.39, 0.29) is 6.54 Å². The molecule has 1 unspecified atom stereocenters. The zero-order valence-corrected chi connectivity index (χ0v) is 9.16. The van der Waals surface area contributed by atoms with Crippen molar-refractivity contribution < 1.29 is 18.4 Å². The number of ether oxygens (including phenoxy) is 2. The van der Waals surface area contributed by atoms with Crippen LogP contribution in [0, 0.1) is 13.8 Å². The molecular formula is C12H15NO3. The highest BCUT2D eigenvalue weighted by molar-refractivity contribution is 5.69. The molecule has 1 aromatic rings. The first kappa shape index (κ1) is 7.54. The van der Waals surface area contributed by atoms with Crippen LogP contribution in [-0.2, 0) is 4.74 Å². The van der Waals surface area contributed by atoms with Gasteiger partial charge in [-0.25, -0.2) is 4.79 Å². The maximum atomic E-state index is 11.0. The smallest absolute Gasteiger partial charge is 0.407 e. The van der Waals surface area contributed by atoms with E-state index < -0.39 is 18.7 Å². The van der Waals surface area contributed by atoms with Gasteiger partial charge in [0.15, 0.2) is 6.08 Å². The Hall–Kier alpha value is -1.71. The Morgan fingerprint density at radius 3 is 2.81 bits per heavy atom. The van der Waals surface area contributed by atoms with Gasteiger partial charge >= 0.3 is 6.09 Å². The number of hydrogen-bond donors (Lipinski definition) is 1. The van der Waals surface area contributed by atoms with Crippen molar-refractivity contribution in [1.82, 2.24) is 5.32 Å². The van der Waals surface area contributed by atoms with E-state index in [1.165, 1.54) is 0 Å². The monoisotopic (exact) mass is 224 g/mol. The van der Waals surface area contributed by atoms with Crippen LogP contribution in [-0.4, -0.2) is 25.3 Å². The molecule has 16 heavy (non-hydrogen) atoms. The molecule has 86 valence electrons. The third-order valence-electron chi connectivity index (χ3n) is 2.09. The second kappa shape index (κ2) is 4.43. The number of nitrogens with one attached hydrogen (secondary N) is 1. The highest BCUT2D eigenvalue weighted by Gasteiger charge is 2.22. The molecule has 4 nitrogen and oxygen atoms in total. The van der Waals surface area contributed by atoms with Crippen LogP contribution < -0.4 is 10.1 Å². The predicted molar refractivity (Wildman–Crippen MR) is 59.7 cm³/mol. The highest BCUT2D eigenvalue weighted by Crippen LogP contribution is 2.16. The molecule has 1 aliphatic heterocycles. The van der Waals surface area contributed by atoms with Gasteiger partial charge in [0.25, 0.3) is 0 Å². The van der Waals surface area contributed by atoms with Crippen LogP contribution in [0.15, 0.2) is 18.2 Å². The molecule has 1 atom stereocenters. The molecule has 0 aromatic heterocycles. The van der Waals surface area contributed by atoms with E-state index in [4.69, 9.17) is 8.85 Å². The molecule has 1 fully saturated rings. The maximum Gasteiger partial charge on any atom is 0.407 e. The molecule has 1 aromatic carbocycles. The van der Waals surface area contributed by atoms with Gasteiger partial charge in [-0.1, -0.05) is 6.07 Å². The minimum Gasteiger partial charge on any atom is -0.490 e. The quantitative estimate of drug-likeness (QED) is 0.851. The minimum absolute atomic E-state index is 0.260. The third kappa shape index (κ3) is 2.66. The van der Waals surface area contributed by atoms with Crippen molar-refractivity contribution in [3.63, 3.8) is 0 Å². The normalized spacial score (nSPS) is 27.4. The van der Waals surface area contributed by atoms with E-state index in [1.54, 1.807) is 12.1 Å². The molecule has 0 radical (unpaired) electrons. The topological polar surface area (TPSA) is 47.6 Å². The van der Waals surface area contributed by atoms with Crippen LogP contribution in [0.5, 0.6) is 5.75 Å². The van der Waals surface area contributed by atoms with Gasteiger partial charge < -0.3 is 14.8 Å². The van der Waals surface area contributed by atoms with Gasteiger partial charge in [0.2, 0.25) is 0 Å². The van der Waals surface area contributed by atoms with Crippen molar-refractivity contribution in [2.45, 2.75) is 19.9 Å². The van der Waals surface area contributed by atoms with E-state index in [0.717, 1.165) is 11.1 Å². The average Bonchev–Trinajstić information content (AvgIpc) is 2.58. The van der Waals surface area contributed by atoms with Gasteiger partial charge in [-0.3, -0.25) is 0 Å². The number of carbonyl (C=O) groups is 1. The van der Waals surface area contributed by atoms with Crippen LogP contribution in [0.4, 0.5) is 4.79 Å². The van der Waals surface area contributed by atoms with E-state index in [9.17, 15) is 4.79 Å². The molecule has 1 N–H and O–H groups in total. The Morgan fingerprint density at radius 1 is 1.56 bits per heavy atom. The Bertz CT molecular complexity index is 501. The van der Waals surface area contributed by atoms with Crippen molar-refractivity contribution in [2.75, 3.05) is 13.1 Å². The Labute approximate surface area is 98.8 Å². The molecule has 1 heterocycles. The van der Waals surface area contributed by atoms with Crippen molar-refractivity contribution in [3.8, 4) is 5.75 Å². The molecule has 0 bridgehead atoms. The fraction of sp³-hybridized carbons (Fsp3) is 0.417. The van der Waals surface area contributed by atoms with E-state index in [1.807, 2.05) is 19.9 Å². The standard InChI is InChI=1S/C12H15NO3/c1-8-3-9(2)5-10(4-8)15-7-11-6-13-12(14)16-11/h3-5,11H,6-7H2,1-2H3,(H,13,14)/i7D2,11D. The van der Waals surface area contributed by atoms with Crippen LogP contribution in [0.1, 0.15) is 15.2 Å². The summed E-state index contributed by atoms with van der Waals surface area (Å²) >= 11 is 0. The van der Waals surface area contributed by atoms with Crippen LogP contribution >= 0.6 is 0 Å². The first-order valence-corrected chi connectivity index (χ1v) is 4.96. The molecule has 0 saturated carbocycles. The van der Waals surface area contributed by atoms with Gasteiger partial charge in [-0.2, -0.15) is 0 Å². The first-order chi connectivity index (χ1) is 8.72. The van der Waals surface area contributed by atoms with Gasteiger partial charge in [0.05, 0.1) is 10.7 Å². The number of aryl methyl sites for hydroxylation is 2. The minimum atomic E-state index is -2.45. The van der Waals surface area contributed by atoms with Crippen molar-refractivity contribution in [2.24, 2.45) is 0 Å². The predicted octanol–water partition coefficient (Wildman–Crippen LogP) is 1.79. The van der Waals surface area contributed by atoms with Gasteiger partial charge in [0, 0.05) is 0 Å². The van der Waals surface area contributed by atoms with Gasteiger partial charge in [-0.05, 0) is 37.1 Å². The SMILES string of the molecule is [2H]C([2H])(Oc1cc(C)cc(C)c1)C1([2H])CNC(=O)O1. The Kier molecular flexibility index (Phi) is 2.09. The molecule has 1 amide bonds. The maximum absolute atomic E-state index is 11.0. The number of alkyl carbamates (subject to hydrolysis) is 1. The lowest BCUT2D eigenvalue weighted by molar-refractivity contribution is 0.105. The average molecular weight is 224 g/mol. The molecule has 1 saturated heterocycles. The molecule has 0 aliphatic carbocycles.